The SMILES string of the molecule is CN(C)C(=O)C1NC(N)=[N+]2C[C@H](OC(=O)c3ccccc3)C(O)(O)[C@@]23NC(N)=[NH+][C@@H]13. The van der Waals surface area contributed by atoms with E-state index < -0.39 is 35.6 Å². The second-order valence-corrected chi connectivity index (χ2v) is 7.76. The average molecular weight is 419 g/mol. The maximum Gasteiger partial charge on any atom is 0.347 e. The highest BCUT2D eigenvalue weighted by molar-refractivity contribution is 5.90. The Labute approximate surface area is 171 Å². The second-order valence-electron chi connectivity index (χ2n) is 7.76. The Hall–Kier alpha value is -3.38. The second kappa shape index (κ2) is 6.57. The molecule has 3 aliphatic rings. The number of guanidine groups is 2. The molecule has 0 aromatic heterocycles. The minimum Gasteiger partial charge on any atom is -0.449 e. The van der Waals surface area contributed by atoms with Gasteiger partial charge in [-0.2, -0.15) is 0 Å². The maximum absolute atomic E-state index is 12.7. The van der Waals surface area contributed by atoms with Crippen molar-refractivity contribution in [3.05, 3.63) is 35.9 Å². The van der Waals surface area contributed by atoms with Gasteiger partial charge in [0.15, 0.2) is 18.2 Å². The number of carbonyl (C=O) groups is 2. The first-order valence-corrected chi connectivity index (χ1v) is 9.35. The number of rotatable bonds is 3. The van der Waals surface area contributed by atoms with Crippen LogP contribution in [0.15, 0.2) is 30.3 Å². The molecular formula is C18H25N7O5+2. The van der Waals surface area contributed by atoms with Gasteiger partial charge < -0.3 is 19.8 Å². The molecule has 1 aromatic rings. The van der Waals surface area contributed by atoms with Gasteiger partial charge in [-0.05, 0) is 12.1 Å². The van der Waals surface area contributed by atoms with Crippen LogP contribution >= 0.6 is 0 Å². The molecule has 1 amide bonds. The molecule has 3 aliphatic heterocycles. The van der Waals surface area contributed by atoms with Crippen molar-refractivity contribution in [1.29, 1.82) is 0 Å². The number of amides is 1. The topological polar surface area (TPSA) is 180 Å². The van der Waals surface area contributed by atoms with Gasteiger partial charge in [-0.3, -0.25) is 26.6 Å². The summed E-state index contributed by atoms with van der Waals surface area (Å²) < 4.78 is 6.85. The maximum atomic E-state index is 12.7. The van der Waals surface area contributed by atoms with Crippen molar-refractivity contribution in [2.75, 3.05) is 20.6 Å². The van der Waals surface area contributed by atoms with E-state index in [-0.39, 0.29) is 29.9 Å². The third-order valence-corrected chi connectivity index (χ3v) is 5.76. The number of hydrogen-bond donors (Lipinski definition) is 7. The van der Waals surface area contributed by atoms with Gasteiger partial charge in [-0.25, -0.2) is 14.7 Å². The molecule has 9 N–H and O–H groups in total. The zero-order chi connectivity index (χ0) is 21.8. The first-order valence-electron chi connectivity index (χ1n) is 9.35. The summed E-state index contributed by atoms with van der Waals surface area (Å²) in [5.74, 6) is -3.68. The molecule has 160 valence electrons. The lowest BCUT2D eigenvalue weighted by Crippen LogP contribution is -2.92. The Kier molecular flexibility index (Phi) is 4.36. The van der Waals surface area contributed by atoms with E-state index in [0.717, 1.165) is 0 Å². The number of ether oxygens (including phenoxy) is 1. The summed E-state index contributed by atoms with van der Waals surface area (Å²) in [4.78, 5) is 29.5. The van der Waals surface area contributed by atoms with Crippen molar-refractivity contribution in [3.63, 3.8) is 0 Å². The van der Waals surface area contributed by atoms with E-state index in [2.05, 4.69) is 15.6 Å². The minimum absolute atomic E-state index is 0.0150. The molecule has 12 heteroatoms. The lowest BCUT2D eigenvalue weighted by atomic mass is 9.85. The number of aliphatic hydroxyl groups is 2. The fraction of sp³-hybridized carbons (Fsp3) is 0.444. The fourth-order valence-electron chi connectivity index (χ4n) is 4.34. The Bertz CT molecular complexity index is 961. The van der Waals surface area contributed by atoms with Gasteiger partial charge >= 0.3 is 23.6 Å². The molecule has 4 rings (SSSR count). The molecule has 12 nitrogen and oxygen atoms in total. The Morgan fingerprint density at radius 2 is 1.93 bits per heavy atom. The molecule has 3 heterocycles. The fourth-order valence-corrected chi connectivity index (χ4v) is 4.34. The van der Waals surface area contributed by atoms with E-state index in [1.54, 1.807) is 44.4 Å². The van der Waals surface area contributed by atoms with Crippen molar-refractivity contribution >= 4 is 23.8 Å². The standard InChI is InChI=1S/C18H23N7O5/c1-24(2)13(26)11-12-17(23-15(19)22-12)18(28,29)10(8-25(17)16(20)21-11)30-14(27)9-6-4-3-5-7-9/h3-7,10-12,28-29H,8H2,1-2H3,(H5,19,20,21,22,23)/p+2/t10-,11?,12-,17-/m0/s1. The Morgan fingerprint density at radius 3 is 2.57 bits per heavy atom. The van der Waals surface area contributed by atoms with E-state index >= 15 is 0 Å². The van der Waals surface area contributed by atoms with Crippen LogP contribution in [-0.2, 0) is 9.53 Å². The first-order chi connectivity index (χ1) is 14.1. The van der Waals surface area contributed by atoms with Crippen molar-refractivity contribution in [3.8, 4) is 0 Å². The lowest BCUT2D eigenvalue weighted by molar-refractivity contribution is -0.672. The van der Waals surface area contributed by atoms with Crippen LogP contribution in [0.2, 0.25) is 0 Å². The number of esters is 1. The van der Waals surface area contributed by atoms with E-state index in [4.69, 9.17) is 16.2 Å². The Morgan fingerprint density at radius 1 is 1.27 bits per heavy atom. The number of hydrogen-bond acceptors (Lipinski definition) is 9. The molecule has 0 saturated carbocycles. The molecule has 30 heavy (non-hydrogen) atoms. The van der Waals surface area contributed by atoms with Gasteiger partial charge in [0.2, 0.25) is 0 Å². The zero-order valence-corrected chi connectivity index (χ0v) is 16.5. The summed E-state index contributed by atoms with van der Waals surface area (Å²) in [6.45, 7) is -0.147. The van der Waals surface area contributed by atoms with Crippen molar-refractivity contribution < 1.29 is 34.1 Å². The van der Waals surface area contributed by atoms with Crippen LogP contribution in [0.4, 0.5) is 0 Å². The summed E-state index contributed by atoms with van der Waals surface area (Å²) in [6.07, 6.45) is -1.39. The predicted molar refractivity (Wildman–Crippen MR) is 103 cm³/mol. The third kappa shape index (κ3) is 2.60. The predicted octanol–water partition coefficient (Wildman–Crippen LogP) is -5.64. The quantitative estimate of drug-likeness (QED) is 0.143. The van der Waals surface area contributed by atoms with Crippen LogP contribution in [0.25, 0.3) is 0 Å². The molecule has 4 atom stereocenters. The summed E-state index contributed by atoms with van der Waals surface area (Å²) in [6, 6.07) is 6.28. The molecule has 1 unspecified atom stereocenters. The summed E-state index contributed by atoms with van der Waals surface area (Å²) in [5, 5.41) is 28.2. The van der Waals surface area contributed by atoms with Gasteiger partial charge in [0.1, 0.15) is 6.54 Å². The van der Waals surface area contributed by atoms with Gasteiger partial charge in [-0.1, -0.05) is 18.2 Å². The summed E-state index contributed by atoms with van der Waals surface area (Å²) in [5.41, 5.74) is 10.6. The van der Waals surface area contributed by atoms with Gasteiger partial charge in [0, 0.05) is 14.1 Å². The van der Waals surface area contributed by atoms with E-state index in [1.165, 1.54) is 9.48 Å². The molecule has 0 bridgehead atoms. The number of nitrogens with one attached hydrogen (secondary N) is 3. The van der Waals surface area contributed by atoms with E-state index in [9.17, 15) is 19.8 Å². The van der Waals surface area contributed by atoms with Crippen LogP contribution in [-0.4, -0.2) is 93.8 Å². The number of likely N-dealkylation sites (N-methyl/N-ethyl adjacent to an activating group) is 1. The van der Waals surface area contributed by atoms with Crippen molar-refractivity contribution in [2.45, 2.75) is 29.6 Å². The molecule has 0 radical (unpaired) electrons. The van der Waals surface area contributed by atoms with E-state index in [0.29, 0.717) is 0 Å². The largest absolute Gasteiger partial charge is 0.449 e. The normalized spacial score (nSPS) is 31.1. The smallest absolute Gasteiger partial charge is 0.347 e. The number of carbonyl (C=O) groups excluding carboxylic acids is 2. The molecule has 0 aliphatic carbocycles. The summed E-state index contributed by atoms with van der Waals surface area (Å²) in [7, 11) is 3.14. The van der Waals surface area contributed by atoms with Crippen LogP contribution < -0.4 is 27.1 Å². The van der Waals surface area contributed by atoms with Crippen molar-refractivity contribution in [1.82, 2.24) is 15.5 Å². The highest BCUT2D eigenvalue weighted by Crippen LogP contribution is 2.39. The Balaban J connectivity index is 1.73. The monoisotopic (exact) mass is 419 g/mol. The van der Waals surface area contributed by atoms with Crippen molar-refractivity contribution in [2.24, 2.45) is 11.5 Å². The van der Waals surface area contributed by atoms with Gasteiger partial charge in [0.25, 0.3) is 11.7 Å². The number of benzene rings is 1. The first kappa shape index (κ1) is 19.9. The zero-order valence-electron chi connectivity index (χ0n) is 16.5. The van der Waals surface area contributed by atoms with Gasteiger partial charge in [0.05, 0.1) is 5.56 Å². The number of nitrogens with two attached hydrogens (primary N) is 2. The number of nitrogens with zero attached hydrogens (tertiary/aromatic N) is 2. The molecule has 1 saturated heterocycles. The highest BCUT2D eigenvalue weighted by Gasteiger charge is 2.79. The van der Waals surface area contributed by atoms with Crippen LogP contribution in [0.1, 0.15) is 10.4 Å². The van der Waals surface area contributed by atoms with Gasteiger partial charge in [-0.15, -0.1) is 0 Å². The lowest BCUT2D eigenvalue weighted by Gasteiger charge is -2.40. The molecule has 1 aromatic carbocycles. The molecule has 1 fully saturated rings. The van der Waals surface area contributed by atoms with E-state index in [1.807, 2.05) is 0 Å². The molecule has 1 spiro atoms. The third-order valence-electron chi connectivity index (χ3n) is 5.76. The van der Waals surface area contributed by atoms with Crippen LogP contribution in [0.5, 0.6) is 0 Å². The summed E-state index contributed by atoms with van der Waals surface area (Å²) >= 11 is 0. The average Bonchev–Trinajstić information content (AvgIpc) is 3.16. The van der Waals surface area contributed by atoms with Crippen LogP contribution in [0, 0.1) is 0 Å². The minimum atomic E-state index is -2.65. The van der Waals surface area contributed by atoms with Crippen LogP contribution in [0.3, 0.4) is 0 Å². The molecular weight excluding hydrogens is 394 g/mol. The highest BCUT2D eigenvalue weighted by atomic mass is 16.6.